The zero-order valence-corrected chi connectivity index (χ0v) is 14.1. The molecule has 122 valence electrons. The van der Waals surface area contributed by atoms with Gasteiger partial charge in [0.15, 0.2) is 10.8 Å². The Kier molecular flexibility index (Phi) is 3.95. The summed E-state index contributed by atoms with van der Waals surface area (Å²) in [4.78, 5) is 22.5. The third kappa shape index (κ3) is 2.70. The normalized spacial score (nSPS) is 25.3. The van der Waals surface area contributed by atoms with E-state index in [0.29, 0.717) is 17.0 Å². The third-order valence-corrected chi connectivity index (χ3v) is 6.03. The first-order valence-corrected chi connectivity index (χ1v) is 9.06. The fraction of sp³-hybridized carbons (Fsp3) is 0.529. The molecular formula is C17H21N3O2S. The quantitative estimate of drug-likeness (QED) is 0.867. The highest BCUT2D eigenvalue weighted by Crippen LogP contribution is 2.32. The van der Waals surface area contributed by atoms with Crippen LogP contribution in [0.25, 0.3) is 10.8 Å². The zero-order chi connectivity index (χ0) is 15.8. The number of rotatable bonds is 3. The number of carbonyl (C=O) groups excluding carboxylic acids is 1. The molecule has 2 aromatic heterocycles. The fourth-order valence-corrected chi connectivity index (χ4v) is 4.74. The summed E-state index contributed by atoms with van der Waals surface area (Å²) in [5.74, 6) is 0.852. The van der Waals surface area contributed by atoms with Gasteiger partial charge in [0, 0.05) is 18.6 Å². The highest BCUT2D eigenvalue weighted by atomic mass is 32.1. The van der Waals surface area contributed by atoms with Gasteiger partial charge in [-0.2, -0.15) is 0 Å². The first-order valence-electron chi connectivity index (χ1n) is 8.25. The van der Waals surface area contributed by atoms with Gasteiger partial charge in [-0.05, 0) is 51.4 Å². The lowest BCUT2D eigenvalue weighted by molar-refractivity contribution is 0.0669. The number of nitrogens with zero attached hydrogens (tertiary/aromatic N) is 3. The molecule has 2 aliphatic rings. The second-order valence-electron chi connectivity index (χ2n) is 6.41. The minimum atomic E-state index is 0.128. The average molecular weight is 331 g/mol. The van der Waals surface area contributed by atoms with Crippen LogP contribution in [0.5, 0.6) is 0 Å². The number of carbonyl (C=O) groups is 1. The Balaban J connectivity index is 1.54. The molecule has 2 saturated heterocycles. The summed E-state index contributed by atoms with van der Waals surface area (Å²) in [6.45, 7) is 2.01. The molecule has 0 radical (unpaired) electrons. The van der Waals surface area contributed by atoms with E-state index < -0.39 is 0 Å². The summed E-state index contributed by atoms with van der Waals surface area (Å²) in [5.41, 5.74) is 0. The van der Waals surface area contributed by atoms with E-state index in [1.165, 1.54) is 24.2 Å². The number of aromatic nitrogens is 1. The van der Waals surface area contributed by atoms with Crippen LogP contribution in [0.3, 0.4) is 0 Å². The molecule has 0 aliphatic carbocycles. The highest BCUT2D eigenvalue weighted by Gasteiger charge is 2.39. The molecule has 0 bridgehead atoms. The molecule has 23 heavy (non-hydrogen) atoms. The number of furan rings is 1. The Morgan fingerprint density at radius 2 is 2.13 bits per heavy atom. The van der Waals surface area contributed by atoms with Crippen LogP contribution in [-0.2, 0) is 0 Å². The van der Waals surface area contributed by atoms with E-state index in [1.807, 2.05) is 12.1 Å². The second kappa shape index (κ2) is 6.09. The van der Waals surface area contributed by atoms with Crippen LogP contribution in [-0.4, -0.2) is 52.9 Å². The van der Waals surface area contributed by atoms with Gasteiger partial charge in [0.1, 0.15) is 4.88 Å². The largest absolute Gasteiger partial charge is 0.462 e. The second-order valence-corrected chi connectivity index (χ2v) is 7.44. The number of thiazole rings is 1. The van der Waals surface area contributed by atoms with E-state index in [1.54, 1.807) is 12.5 Å². The molecule has 0 spiro atoms. The summed E-state index contributed by atoms with van der Waals surface area (Å²) in [7, 11) is 2.18. The van der Waals surface area contributed by atoms with Gasteiger partial charge in [0.2, 0.25) is 0 Å². The predicted molar refractivity (Wildman–Crippen MR) is 89.5 cm³/mol. The van der Waals surface area contributed by atoms with Gasteiger partial charge in [0.25, 0.3) is 5.91 Å². The van der Waals surface area contributed by atoms with Gasteiger partial charge in [-0.3, -0.25) is 4.79 Å². The molecule has 4 heterocycles. The molecule has 1 amide bonds. The molecule has 4 rings (SSSR count). The van der Waals surface area contributed by atoms with E-state index in [-0.39, 0.29) is 5.91 Å². The minimum absolute atomic E-state index is 0.128. The van der Waals surface area contributed by atoms with Crippen molar-refractivity contribution in [1.82, 2.24) is 14.8 Å². The van der Waals surface area contributed by atoms with Crippen molar-refractivity contribution in [1.29, 1.82) is 0 Å². The molecule has 2 atom stereocenters. The Morgan fingerprint density at radius 3 is 2.87 bits per heavy atom. The summed E-state index contributed by atoms with van der Waals surface area (Å²) < 4.78 is 5.37. The predicted octanol–water partition coefficient (Wildman–Crippen LogP) is 3.10. The number of hydrogen-bond acceptors (Lipinski definition) is 5. The lowest BCUT2D eigenvalue weighted by atomic mass is 10.0. The number of likely N-dealkylation sites (tertiary alicyclic amines) is 2. The van der Waals surface area contributed by atoms with Gasteiger partial charge in [-0.1, -0.05) is 0 Å². The maximum atomic E-state index is 13.0. The van der Waals surface area contributed by atoms with Crippen LogP contribution in [0, 0.1) is 0 Å². The summed E-state index contributed by atoms with van der Waals surface area (Å²) >= 11 is 1.42. The van der Waals surface area contributed by atoms with Crippen molar-refractivity contribution in [3.63, 3.8) is 0 Å². The van der Waals surface area contributed by atoms with Gasteiger partial charge < -0.3 is 14.2 Å². The van der Waals surface area contributed by atoms with Gasteiger partial charge in [-0.25, -0.2) is 4.98 Å². The Labute approximate surface area is 139 Å². The molecular weight excluding hydrogens is 310 g/mol. The van der Waals surface area contributed by atoms with Crippen molar-refractivity contribution in [3.8, 4) is 10.8 Å². The van der Waals surface area contributed by atoms with Crippen molar-refractivity contribution in [2.45, 2.75) is 37.8 Å². The van der Waals surface area contributed by atoms with Gasteiger partial charge in [-0.15, -0.1) is 11.3 Å². The van der Waals surface area contributed by atoms with Gasteiger partial charge in [0.05, 0.1) is 12.5 Å². The molecule has 2 fully saturated rings. The molecule has 2 aliphatic heterocycles. The lowest BCUT2D eigenvalue weighted by Crippen LogP contribution is -2.46. The maximum absolute atomic E-state index is 13.0. The Morgan fingerprint density at radius 1 is 1.30 bits per heavy atom. The van der Waals surface area contributed by atoms with Crippen LogP contribution < -0.4 is 0 Å². The smallest absolute Gasteiger partial charge is 0.265 e. The molecule has 0 unspecified atom stereocenters. The first-order chi connectivity index (χ1) is 11.2. The van der Waals surface area contributed by atoms with E-state index in [2.05, 4.69) is 21.8 Å². The molecule has 0 N–H and O–H groups in total. The number of likely N-dealkylation sites (N-methyl/N-ethyl adjacent to an activating group) is 1. The van der Waals surface area contributed by atoms with E-state index >= 15 is 0 Å². The monoisotopic (exact) mass is 331 g/mol. The molecule has 5 nitrogen and oxygen atoms in total. The van der Waals surface area contributed by atoms with Crippen molar-refractivity contribution in [3.05, 3.63) is 29.5 Å². The Bertz CT molecular complexity index is 682. The number of amides is 1. The minimum Gasteiger partial charge on any atom is -0.462 e. The van der Waals surface area contributed by atoms with Crippen LogP contribution in [0.4, 0.5) is 0 Å². The van der Waals surface area contributed by atoms with Crippen LogP contribution in [0.1, 0.15) is 35.4 Å². The third-order valence-electron chi connectivity index (χ3n) is 5.03. The van der Waals surface area contributed by atoms with E-state index in [4.69, 9.17) is 4.42 Å². The standard InChI is InChI=1S/C17H21N3O2S/c1-19-8-2-5-12(19)13-6-3-9-20(13)17(21)15-11-18-16(23-15)14-7-4-10-22-14/h4,7,10-13H,2-3,5-6,8-9H2,1H3/t12-,13-/m1/s1. The molecule has 0 saturated carbocycles. The highest BCUT2D eigenvalue weighted by molar-refractivity contribution is 7.16. The lowest BCUT2D eigenvalue weighted by Gasteiger charge is -2.33. The summed E-state index contributed by atoms with van der Waals surface area (Å²) in [6.07, 6.45) is 7.98. The summed E-state index contributed by atoms with van der Waals surface area (Å²) in [6, 6.07) is 4.58. The van der Waals surface area contributed by atoms with E-state index in [9.17, 15) is 4.79 Å². The zero-order valence-electron chi connectivity index (χ0n) is 13.3. The SMILES string of the molecule is CN1CCC[C@@H]1[C@H]1CCCN1C(=O)c1cnc(-c2ccco2)s1. The van der Waals surface area contributed by atoms with Crippen molar-refractivity contribution < 1.29 is 9.21 Å². The fourth-order valence-electron chi connectivity index (χ4n) is 3.90. The van der Waals surface area contributed by atoms with Crippen molar-refractivity contribution in [2.75, 3.05) is 20.1 Å². The van der Waals surface area contributed by atoms with Gasteiger partial charge >= 0.3 is 0 Å². The van der Waals surface area contributed by atoms with E-state index in [0.717, 1.165) is 36.7 Å². The van der Waals surface area contributed by atoms with Crippen LogP contribution in [0.2, 0.25) is 0 Å². The maximum Gasteiger partial charge on any atom is 0.265 e. The number of hydrogen-bond donors (Lipinski definition) is 0. The summed E-state index contributed by atoms with van der Waals surface area (Å²) in [5, 5.41) is 0.770. The molecule has 6 heteroatoms. The molecule has 2 aromatic rings. The van der Waals surface area contributed by atoms with Crippen molar-refractivity contribution >= 4 is 17.2 Å². The topological polar surface area (TPSA) is 49.6 Å². The van der Waals surface area contributed by atoms with Crippen LogP contribution in [0.15, 0.2) is 29.0 Å². The molecule has 0 aromatic carbocycles. The Hall–Kier alpha value is -1.66. The van der Waals surface area contributed by atoms with Crippen LogP contribution >= 0.6 is 11.3 Å². The first kappa shape index (κ1) is 14.9. The average Bonchev–Trinajstić information content (AvgIpc) is 3.31. The van der Waals surface area contributed by atoms with Crippen molar-refractivity contribution in [2.24, 2.45) is 0 Å².